The molecular weight excluding hydrogens is 236 g/mol. The van der Waals surface area contributed by atoms with Crippen LogP contribution in [0, 0.1) is 5.92 Å². The Morgan fingerprint density at radius 1 is 1.26 bits per heavy atom. The predicted molar refractivity (Wildman–Crippen MR) is 80.5 cm³/mol. The van der Waals surface area contributed by atoms with Gasteiger partial charge in [0, 0.05) is 32.0 Å². The molecule has 0 aliphatic carbocycles. The minimum Gasteiger partial charge on any atom is -0.384 e. The average molecular weight is 260 g/mol. The van der Waals surface area contributed by atoms with E-state index in [1.165, 1.54) is 10.9 Å². The minimum absolute atomic E-state index is 0.581. The molecule has 0 fully saturated rings. The van der Waals surface area contributed by atoms with E-state index in [1.54, 1.807) is 7.11 Å². The summed E-state index contributed by atoms with van der Waals surface area (Å²) in [7, 11) is 1.76. The third kappa shape index (κ3) is 4.08. The van der Waals surface area contributed by atoms with Crippen LogP contribution in [-0.4, -0.2) is 31.4 Å². The van der Waals surface area contributed by atoms with Gasteiger partial charge in [0.15, 0.2) is 0 Å². The lowest BCUT2D eigenvalue weighted by Gasteiger charge is -2.11. The molecule has 0 aliphatic heterocycles. The Kier molecular flexibility index (Phi) is 5.43. The summed E-state index contributed by atoms with van der Waals surface area (Å²) in [6.07, 6.45) is 3.33. The number of nitrogens with one attached hydrogen (secondary N) is 1. The SMILES string of the molecule is COCC(C)CNCCCn1ccc2ccccc21. The molecule has 2 rings (SSSR count). The summed E-state index contributed by atoms with van der Waals surface area (Å²) in [5.74, 6) is 0.581. The van der Waals surface area contributed by atoms with Gasteiger partial charge in [-0.25, -0.2) is 0 Å². The van der Waals surface area contributed by atoms with Gasteiger partial charge in [-0.15, -0.1) is 0 Å². The fourth-order valence-electron chi connectivity index (χ4n) is 2.40. The first-order valence-electron chi connectivity index (χ1n) is 7.05. The number of hydrogen-bond donors (Lipinski definition) is 1. The summed E-state index contributed by atoms with van der Waals surface area (Å²) in [6.45, 7) is 6.19. The second-order valence-corrected chi connectivity index (χ2v) is 5.19. The Morgan fingerprint density at radius 2 is 2.11 bits per heavy atom. The van der Waals surface area contributed by atoms with Crippen LogP contribution in [-0.2, 0) is 11.3 Å². The van der Waals surface area contributed by atoms with Crippen LogP contribution in [0.25, 0.3) is 10.9 Å². The van der Waals surface area contributed by atoms with E-state index < -0.39 is 0 Å². The van der Waals surface area contributed by atoms with Crippen LogP contribution in [0.4, 0.5) is 0 Å². The topological polar surface area (TPSA) is 26.2 Å². The molecule has 0 bridgehead atoms. The highest BCUT2D eigenvalue weighted by Gasteiger charge is 2.01. The molecule has 104 valence electrons. The molecule has 0 amide bonds. The van der Waals surface area contributed by atoms with Crippen molar-refractivity contribution in [1.29, 1.82) is 0 Å². The van der Waals surface area contributed by atoms with Gasteiger partial charge in [-0.1, -0.05) is 25.1 Å². The zero-order chi connectivity index (χ0) is 13.5. The van der Waals surface area contributed by atoms with Crippen molar-refractivity contribution < 1.29 is 4.74 Å². The minimum atomic E-state index is 0.581. The molecule has 0 radical (unpaired) electrons. The predicted octanol–water partition coefficient (Wildman–Crippen LogP) is 2.90. The zero-order valence-corrected chi connectivity index (χ0v) is 11.9. The number of aromatic nitrogens is 1. The second kappa shape index (κ2) is 7.31. The van der Waals surface area contributed by atoms with Crippen molar-refractivity contribution in [2.45, 2.75) is 19.9 Å². The van der Waals surface area contributed by atoms with E-state index in [-0.39, 0.29) is 0 Å². The van der Waals surface area contributed by atoms with Crippen LogP contribution < -0.4 is 5.32 Å². The van der Waals surface area contributed by atoms with E-state index in [1.807, 2.05) is 0 Å². The van der Waals surface area contributed by atoms with E-state index in [0.29, 0.717) is 5.92 Å². The quantitative estimate of drug-likeness (QED) is 0.739. The van der Waals surface area contributed by atoms with Crippen LogP contribution in [0.3, 0.4) is 0 Å². The summed E-state index contributed by atoms with van der Waals surface area (Å²) in [5, 5.41) is 4.81. The number of aryl methyl sites for hydroxylation is 1. The maximum atomic E-state index is 5.12. The lowest BCUT2D eigenvalue weighted by Crippen LogP contribution is -2.25. The number of rotatable bonds is 8. The number of benzene rings is 1. The fraction of sp³-hybridized carbons (Fsp3) is 0.500. The third-order valence-electron chi connectivity index (χ3n) is 3.38. The van der Waals surface area contributed by atoms with Crippen molar-refractivity contribution in [3.05, 3.63) is 36.5 Å². The van der Waals surface area contributed by atoms with Gasteiger partial charge in [-0.3, -0.25) is 0 Å². The molecule has 1 atom stereocenters. The summed E-state index contributed by atoms with van der Waals surface area (Å²) in [4.78, 5) is 0. The van der Waals surface area contributed by atoms with Gasteiger partial charge in [0.05, 0.1) is 0 Å². The summed E-state index contributed by atoms with van der Waals surface area (Å²) in [5.41, 5.74) is 1.33. The van der Waals surface area contributed by atoms with E-state index in [9.17, 15) is 0 Å². The summed E-state index contributed by atoms with van der Waals surface area (Å²) >= 11 is 0. The van der Waals surface area contributed by atoms with E-state index in [4.69, 9.17) is 4.74 Å². The van der Waals surface area contributed by atoms with E-state index in [2.05, 4.69) is 53.3 Å². The molecule has 19 heavy (non-hydrogen) atoms. The number of ether oxygens (including phenoxy) is 1. The van der Waals surface area contributed by atoms with Crippen molar-refractivity contribution in [2.24, 2.45) is 5.92 Å². The molecule has 2 aromatic rings. The first-order valence-corrected chi connectivity index (χ1v) is 7.05. The monoisotopic (exact) mass is 260 g/mol. The Balaban J connectivity index is 1.71. The molecule has 1 heterocycles. The van der Waals surface area contributed by atoms with Gasteiger partial charge in [0.25, 0.3) is 0 Å². The normalized spacial score (nSPS) is 12.9. The van der Waals surface area contributed by atoms with Crippen LogP contribution in [0.15, 0.2) is 36.5 Å². The molecule has 1 aromatic heterocycles. The van der Waals surface area contributed by atoms with E-state index >= 15 is 0 Å². The van der Waals surface area contributed by atoms with Gasteiger partial charge >= 0.3 is 0 Å². The Labute approximate surface area is 115 Å². The van der Waals surface area contributed by atoms with Crippen LogP contribution in [0.5, 0.6) is 0 Å². The molecule has 0 saturated heterocycles. The molecule has 0 saturated carbocycles. The lowest BCUT2D eigenvalue weighted by molar-refractivity contribution is 0.158. The molecular formula is C16H24N2O. The zero-order valence-electron chi connectivity index (χ0n) is 11.9. The van der Waals surface area contributed by atoms with Crippen LogP contribution in [0.2, 0.25) is 0 Å². The van der Waals surface area contributed by atoms with Gasteiger partial charge in [-0.05, 0) is 42.9 Å². The molecule has 0 spiro atoms. The Morgan fingerprint density at radius 3 is 2.95 bits per heavy atom. The summed E-state index contributed by atoms with van der Waals surface area (Å²) in [6, 6.07) is 10.7. The molecule has 1 unspecified atom stereocenters. The standard InChI is InChI=1S/C16H24N2O/c1-14(13-19-2)12-17-9-5-10-18-11-8-15-6-3-4-7-16(15)18/h3-4,6-8,11,14,17H,5,9-10,12-13H2,1-2H3. The highest BCUT2D eigenvalue weighted by atomic mass is 16.5. The van der Waals surface area contributed by atoms with Gasteiger partial charge < -0.3 is 14.6 Å². The van der Waals surface area contributed by atoms with Gasteiger partial charge in [-0.2, -0.15) is 0 Å². The first-order chi connectivity index (χ1) is 9.31. The third-order valence-corrected chi connectivity index (χ3v) is 3.38. The van der Waals surface area contributed by atoms with E-state index in [0.717, 1.165) is 32.7 Å². The first kappa shape index (κ1) is 14.1. The maximum Gasteiger partial charge on any atom is 0.0499 e. The Hall–Kier alpha value is -1.32. The molecule has 3 nitrogen and oxygen atoms in total. The second-order valence-electron chi connectivity index (χ2n) is 5.19. The molecule has 1 N–H and O–H groups in total. The van der Waals surface area contributed by atoms with Crippen molar-refractivity contribution in [2.75, 3.05) is 26.8 Å². The highest BCUT2D eigenvalue weighted by Crippen LogP contribution is 2.15. The largest absolute Gasteiger partial charge is 0.384 e. The van der Waals surface area contributed by atoms with Crippen molar-refractivity contribution in [3.8, 4) is 0 Å². The fourth-order valence-corrected chi connectivity index (χ4v) is 2.40. The van der Waals surface area contributed by atoms with Crippen LogP contribution in [0.1, 0.15) is 13.3 Å². The Bertz CT molecular complexity index is 492. The smallest absolute Gasteiger partial charge is 0.0499 e. The lowest BCUT2D eigenvalue weighted by atomic mass is 10.2. The van der Waals surface area contributed by atoms with Gasteiger partial charge in [0.2, 0.25) is 0 Å². The molecule has 0 aliphatic rings. The summed E-state index contributed by atoms with van der Waals surface area (Å²) < 4.78 is 7.45. The number of para-hydroxylation sites is 1. The van der Waals surface area contributed by atoms with Crippen molar-refractivity contribution in [3.63, 3.8) is 0 Å². The van der Waals surface area contributed by atoms with Crippen molar-refractivity contribution in [1.82, 2.24) is 9.88 Å². The van der Waals surface area contributed by atoms with Gasteiger partial charge in [0.1, 0.15) is 0 Å². The number of hydrogen-bond acceptors (Lipinski definition) is 2. The highest BCUT2D eigenvalue weighted by molar-refractivity contribution is 5.79. The van der Waals surface area contributed by atoms with Crippen molar-refractivity contribution >= 4 is 10.9 Å². The average Bonchev–Trinajstić information content (AvgIpc) is 2.82. The molecule has 1 aromatic carbocycles. The van der Waals surface area contributed by atoms with Crippen LogP contribution >= 0.6 is 0 Å². The molecule has 3 heteroatoms. The number of nitrogens with zero attached hydrogens (tertiary/aromatic N) is 1. The number of methoxy groups -OCH3 is 1. The maximum absolute atomic E-state index is 5.12. The number of fused-ring (bicyclic) bond motifs is 1.